The van der Waals surface area contributed by atoms with Gasteiger partial charge in [0.25, 0.3) is 11.5 Å². The average Bonchev–Trinajstić information content (AvgIpc) is 2.71. The third-order valence-corrected chi connectivity index (χ3v) is 4.27. The summed E-state index contributed by atoms with van der Waals surface area (Å²) < 4.78 is 1.32. The van der Waals surface area contributed by atoms with Gasteiger partial charge in [-0.25, -0.2) is 4.79 Å². The van der Waals surface area contributed by atoms with Gasteiger partial charge in [-0.1, -0.05) is 6.07 Å². The molecule has 3 aromatic rings. The number of hydrogen-bond donors (Lipinski definition) is 3. The van der Waals surface area contributed by atoms with Gasteiger partial charge in [0.15, 0.2) is 0 Å². The first-order valence-electron chi connectivity index (χ1n) is 9.03. The van der Waals surface area contributed by atoms with Crippen molar-refractivity contribution in [2.45, 2.75) is 13.5 Å². The maximum absolute atomic E-state index is 12.3. The van der Waals surface area contributed by atoms with Crippen LogP contribution in [0.25, 0.3) is 0 Å². The summed E-state index contributed by atoms with van der Waals surface area (Å²) >= 11 is 0. The number of nitrogens with one attached hydrogen (secondary N) is 2. The lowest BCUT2D eigenvalue weighted by atomic mass is 10.1. The molecule has 30 heavy (non-hydrogen) atoms. The molecular weight excluding hydrogens is 386 g/mol. The Morgan fingerprint density at radius 3 is 2.00 bits per heavy atom. The van der Waals surface area contributed by atoms with Crippen molar-refractivity contribution in [1.29, 1.82) is 0 Å². The molecule has 152 valence electrons. The molecule has 0 saturated carbocycles. The lowest BCUT2D eigenvalue weighted by Gasteiger charge is -2.09. The molecule has 0 aliphatic carbocycles. The molecule has 0 saturated heterocycles. The van der Waals surface area contributed by atoms with Crippen LogP contribution in [0.3, 0.4) is 0 Å². The van der Waals surface area contributed by atoms with Crippen LogP contribution in [0.2, 0.25) is 0 Å². The van der Waals surface area contributed by atoms with E-state index in [-0.39, 0.29) is 29.5 Å². The summed E-state index contributed by atoms with van der Waals surface area (Å²) in [4.78, 5) is 47.2. The highest BCUT2D eigenvalue weighted by Gasteiger charge is 2.09. The maximum atomic E-state index is 12.3. The average molecular weight is 405 g/mol. The van der Waals surface area contributed by atoms with Crippen molar-refractivity contribution in [3.8, 4) is 0 Å². The second kappa shape index (κ2) is 8.87. The standard InChI is InChI=1S/C22H19N3O5/c1-14-2-11-20(27)25(12-14)13-19(26)23-17-7-3-15(4-8-17)21(28)24-18-9-5-16(6-10-18)22(29)30/h2-12H,13H2,1H3,(H,23,26)(H,24,28)(H,29,30). The van der Waals surface area contributed by atoms with Crippen LogP contribution >= 0.6 is 0 Å². The predicted octanol–water partition coefficient (Wildman–Crippen LogP) is 2.75. The number of carbonyl (C=O) groups is 3. The quantitative estimate of drug-likeness (QED) is 0.583. The van der Waals surface area contributed by atoms with Crippen LogP contribution in [0.1, 0.15) is 26.3 Å². The number of carbonyl (C=O) groups excluding carboxylic acids is 2. The van der Waals surface area contributed by atoms with Crippen LogP contribution in [0.4, 0.5) is 11.4 Å². The second-order valence-electron chi connectivity index (χ2n) is 6.63. The fraction of sp³-hybridized carbons (Fsp3) is 0.0909. The van der Waals surface area contributed by atoms with Crippen LogP contribution in [-0.4, -0.2) is 27.5 Å². The lowest BCUT2D eigenvalue weighted by Crippen LogP contribution is -2.26. The Balaban J connectivity index is 1.60. The molecule has 1 aromatic heterocycles. The van der Waals surface area contributed by atoms with E-state index >= 15 is 0 Å². The first-order chi connectivity index (χ1) is 14.3. The Labute approximate surface area is 171 Å². The van der Waals surface area contributed by atoms with Gasteiger partial charge in [0.1, 0.15) is 6.54 Å². The molecule has 0 radical (unpaired) electrons. The van der Waals surface area contributed by atoms with Gasteiger partial charge in [0.05, 0.1) is 5.56 Å². The molecule has 2 aromatic carbocycles. The first kappa shape index (κ1) is 20.5. The molecular formula is C22H19N3O5. The largest absolute Gasteiger partial charge is 0.478 e. The van der Waals surface area contributed by atoms with Crippen LogP contribution in [-0.2, 0) is 11.3 Å². The minimum Gasteiger partial charge on any atom is -0.478 e. The number of anilines is 2. The van der Waals surface area contributed by atoms with Crippen LogP contribution in [0.5, 0.6) is 0 Å². The van der Waals surface area contributed by atoms with E-state index in [1.807, 2.05) is 6.92 Å². The number of aryl methyl sites for hydroxylation is 1. The minimum atomic E-state index is -1.04. The van der Waals surface area contributed by atoms with E-state index in [2.05, 4.69) is 10.6 Å². The van der Waals surface area contributed by atoms with E-state index in [0.29, 0.717) is 16.9 Å². The van der Waals surface area contributed by atoms with Gasteiger partial charge in [0, 0.05) is 29.2 Å². The normalized spacial score (nSPS) is 10.3. The summed E-state index contributed by atoms with van der Waals surface area (Å²) in [5.41, 5.74) is 2.05. The highest BCUT2D eigenvalue weighted by molar-refractivity contribution is 6.04. The first-order valence-corrected chi connectivity index (χ1v) is 9.03. The Hall–Kier alpha value is -4.20. The van der Waals surface area contributed by atoms with Gasteiger partial charge in [-0.05, 0) is 61.0 Å². The zero-order valence-electron chi connectivity index (χ0n) is 16.1. The van der Waals surface area contributed by atoms with E-state index < -0.39 is 5.97 Å². The van der Waals surface area contributed by atoms with Crippen LogP contribution < -0.4 is 16.2 Å². The van der Waals surface area contributed by atoms with Gasteiger partial charge < -0.3 is 20.3 Å². The summed E-state index contributed by atoms with van der Waals surface area (Å²) in [5, 5.41) is 14.3. The highest BCUT2D eigenvalue weighted by Crippen LogP contribution is 2.14. The van der Waals surface area contributed by atoms with Crippen molar-refractivity contribution < 1.29 is 19.5 Å². The summed E-state index contributed by atoms with van der Waals surface area (Å²) in [6, 6.07) is 15.2. The third kappa shape index (κ3) is 5.20. The van der Waals surface area contributed by atoms with Gasteiger partial charge in [-0.2, -0.15) is 0 Å². The Morgan fingerprint density at radius 1 is 0.833 bits per heavy atom. The molecule has 3 rings (SSSR count). The van der Waals surface area contributed by atoms with E-state index in [1.54, 1.807) is 36.5 Å². The molecule has 1 heterocycles. The number of hydrogen-bond acceptors (Lipinski definition) is 4. The smallest absolute Gasteiger partial charge is 0.335 e. The molecule has 8 heteroatoms. The number of aromatic carboxylic acids is 1. The monoisotopic (exact) mass is 405 g/mol. The van der Waals surface area contributed by atoms with Crippen molar-refractivity contribution in [3.63, 3.8) is 0 Å². The SMILES string of the molecule is Cc1ccc(=O)n(CC(=O)Nc2ccc(C(=O)Nc3ccc(C(=O)O)cc3)cc2)c1. The number of amides is 2. The second-order valence-corrected chi connectivity index (χ2v) is 6.63. The number of carboxylic acid groups (broad SMARTS) is 1. The zero-order valence-corrected chi connectivity index (χ0v) is 16.1. The zero-order chi connectivity index (χ0) is 21.7. The van der Waals surface area contributed by atoms with E-state index in [1.165, 1.54) is 34.9 Å². The van der Waals surface area contributed by atoms with Crippen LogP contribution in [0, 0.1) is 6.92 Å². The van der Waals surface area contributed by atoms with Crippen molar-refractivity contribution in [2.75, 3.05) is 10.6 Å². The molecule has 0 fully saturated rings. The summed E-state index contributed by atoms with van der Waals surface area (Å²) in [7, 11) is 0. The Kier molecular flexibility index (Phi) is 6.07. The maximum Gasteiger partial charge on any atom is 0.335 e. The number of carboxylic acids is 1. The molecule has 0 aliphatic rings. The third-order valence-electron chi connectivity index (χ3n) is 4.27. The van der Waals surface area contributed by atoms with Crippen molar-refractivity contribution in [3.05, 3.63) is 93.9 Å². The van der Waals surface area contributed by atoms with Gasteiger partial charge in [-0.3, -0.25) is 14.4 Å². The Morgan fingerprint density at radius 2 is 1.40 bits per heavy atom. The lowest BCUT2D eigenvalue weighted by molar-refractivity contribution is -0.116. The minimum absolute atomic E-state index is 0.116. The molecule has 3 N–H and O–H groups in total. The molecule has 2 amide bonds. The number of aromatic nitrogens is 1. The summed E-state index contributed by atoms with van der Waals surface area (Å²) in [6.07, 6.45) is 1.61. The van der Waals surface area contributed by atoms with E-state index in [9.17, 15) is 19.2 Å². The summed E-state index contributed by atoms with van der Waals surface area (Å²) in [5.74, 6) is -1.78. The van der Waals surface area contributed by atoms with Gasteiger partial charge >= 0.3 is 5.97 Å². The predicted molar refractivity (Wildman–Crippen MR) is 112 cm³/mol. The van der Waals surface area contributed by atoms with Crippen LogP contribution in [0.15, 0.2) is 71.7 Å². The van der Waals surface area contributed by atoms with E-state index in [0.717, 1.165) is 5.56 Å². The Bertz CT molecular complexity index is 1150. The molecule has 0 bridgehead atoms. The summed E-state index contributed by atoms with van der Waals surface area (Å²) in [6.45, 7) is 1.72. The fourth-order valence-electron chi connectivity index (χ4n) is 2.73. The van der Waals surface area contributed by atoms with Crippen molar-refractivity contribution >= 4 is 29.2 Å². The molecule has 8 nitrogen and oxygen atoms in total. The van der Waals surface area contributed by atoms with Gasteiger partial charge in [-0.15, -0.1) is 0 Å². The van der Waals surface area contributed by atoms with Crippen molar-refractivity contribution in [2.24, 2.45) is 0 Å². The fourth-order valence-corrected chi connectivity index (χ4v) is 2.73. The van der Waals surface area contributed by atoms with E-state index in [4.69, 9.17) is 5.11 Å². The molecule has 0 spiro atoms. The molecule has 0 unspecified atom stereocenters. The van der Waals surface area contributed by atoms with Gasteiger partial charge in [0.2, 0.25) is 5.91 Å². The number of nitrogens with zero attached hydrogens (tertiary/aromatic N) is 1. The number of rotatable bonds is 6. The number of benzene rings is 2. The topological polar surface area (TPSA) is 118 Å². The number of pyridine rings is 1. The molecule has 0 atom stereocenters. The highest BCUT2D eigenvalue weighted by atomic mass is 16.4. The van der Waals surface area contributed by atoms with Crippen molar-refractivity contribution in [1.82, 2.24) is 4.57 Å². The molecule has 0 aliphatic heterocycles.